The number of esters is 1. The summed E-state index contributed by atoms with van der Waals surface area (Å²) in [5.74, 6) is -0.189. The zero-order valence-electron chi connectivity index (χ0n) is 10.5. The number of carbonyl (C=O) groups is 1. The Kier molecular flexibility index (Phi) is 6.27. The van der Waals surface area contributed by atoms with E-state index in [9.17, 15) is 4.79 Å². The first kappa shape index (κ1) is 16.8. The smallest absolute Gasteiger partial charge is 0.372 e. The number of benzene rings is 1. The molecule has 0 radical (unpaired) electrons. The zero-order chi connectivity index (χ0) is 15.2. The first-order valence-corrected chi connectivity index (χ1v) is 7.55. The molecule has 110 valence electrons. The Morgan fingerprint density at radius 3 is 2.50 bits per heavy atom. The topological polar surface area (TPSA) is 122 Å². The number of fused-ring (bicyclic) bond motifs is 1. The molecule has 0 atom stereocenters. The Morgan fingerprint density at radius 1 is 1.30 bits per heavy atom. The number of aromatic nitrogens is 1. The maximum absolute atomic E-state index is 11.3. The number of thiazole rings is 1. The molecular formula is C11H12ClNO6S. The molecule has 0 aliphatic rings. The van der Waals surface area contributed by atoms with E-state index in [-0.39, 0.29) is 12.5 Å². The SMILES string of the molecule is CCOC(=O)C[n+]1csc2ccccc21.[O-][Cl+3]([O-])([O-])[O-]. The number of carbonyl (C=O) groups excluding carboxylic acids is 1. The van der Waals surface area contributed by atoms with E-state index >= 15 is 0 Å². The lowest BCUT2D eigenvalue weighted by Crippen LogP contribution is -2.68. The van der Waals surface area contributed by atoms with Gasteiger partial charge in [-0.2, -0.15) is 4.57 Å². The van der Waals surface area contributed by atoms with Crippen LogP contribution in [-0.4, -0.2) is 12.6 Å². The molecule has 0 spiro atoms. The van der Waals surface area contributed by atoms with E-state index in [1.807, 2.05) is 41.3 Å². The van der Waals surface area contributed by atoms with Crippen molar-refractivity contribution in [3.8, 4) is 0 Å². The highest BCUT2D eigenvalue weighted by molar-refractivity contribution is 7.16. The second-order valence-electron chi connectivity index (χ2n) is 3.50. The lowest BCUT2D eigenvalue weighted by molar-refractivity contribution is -2.00. The van der Waals surface area contributed by atoms with Crippen LogP contribution >= 0.6 is 11.3 Å². The van der Waals surface area contributed by atoms with Gasteiger partial charge in [0.05, 0.1) is 6.61 Å². The van der Waals surface area contributed by atoms with E-state index in [2.05, 4.69) is 0 Å². The van der Waals surface area contributed by atoms with Crippen LogP contribution in [0.2, 0.25) is 0 Å². The van der Waals surface area contributed by atoms with Crippen molar-refractivity contribution in [1.29, 1.82) is 0 Å². The van der Waals surface area contributed by atoms with Crippen molar-refractivity contribution >= 4 is 27.5 Å². The second kappa shape index (κ2) is 7.48. The minimum absolute atomic E-state index is 0.189. The van der Waals surface area contributed by atoms with E-state index in [4.69, 9.17) is 23.4 Å². The van der Waals surface area contributed by atoms with E-state index in [0.717, 1.165) is 5.52 Å². The van der Waals surface area contributed by atoms with Crippen molar-refractivity contribution in [2.45, 2.75) is 13.5 Å². The summed E-state index contributed by atoms with van der Waals surface area (Å²) in [6.45, 7) is 2.54. The van der Waals surface area contributed by atoms with Gasteiger partial charge in [-0.1, -0.05) is 23.5 Å². The van der Waals surface area contributed by atoms with Crippen LogP contribution in [-0.2, 0) is 16.1 Å². The highest BCUT2D eigenvalue weighted by atomic mass is 35.7. The molecule has 0 unspecified atom stereocenters. The van der Waals surface area contributed by atoms with Gasteiger partial charge in [-0.3, -0.25) is 0 Å². The maximum atomic E-state index is 11.3. The number of para-hydroxylation sites is 1. The first-order chi connectivity index (χ1) is 9.31. The van der Waals surface area contributed by atoms with Gasteiger partial charge in [0.15, 0.2) is 0 Å². The van der Waals surface area contributed by atoms with Gasteiger partial charge in [-0.25, -0.2) is 23.4 Å². The Morgan fingerprint density at radius 2 is 1.90 bits per heavy atom. The largest absolute Gasteiger partial charge is 0.461 e. The van der Waals surface area contributed by atoms with Gasteiger partial charge < -0.3 is 4.74 Å². The Balaban J connectivity index is 0.000000347. The molecule has 0 saturated heterocycles. The zero-order valence-corrected chi connectivity index (χ0v) is 12.1. The average molecular weight is 322 g/mol. The summed E-state index contributed by atoms with van der Waals surface area (Å²) in [5.41, 5.74) is 3.03. The Labute approximate surface area is 121 Å². The van der Waals surface area contributed by atoms with Gasteiger partial charge in [-0.15, -0.1) is 10.2 Å². The lowest BCUT2D eigenvalue weighted by Gasteiger charge is -2.17. The van der Waals surface area contributed by atoms with Gasteiger partial charge in [0, 0.05) is 6.07 Å². The van der Waals surface area contributed by atoms with Crippen LogP contribution in [0.1, 0.15) is 6.92 Å². The first-order valence-electron chi connectivity index (χ1n) is 5.44. The third-order valence-electron chi connectivity index (χ3n) is 2.09. The molecule has 1 aromatic heterocycles. The van der Waals surface area contributed by atoms with Gasteiger partial charge in [-0.05, 0) is 13.0 Å². The molecule has 1 heterocycles. The van der Waals surface area contributed by atoms with Crippen molar-refractivity contribution in [2.24, 2.45) is 0 Å². The molecule has 0 fully saturated rings. The van der Waals surface area contributed by atoms with Crippen LogP contribution < -0.4 is 23.2 Å². The minimum Gasteiger partial charge on any atom is -0.461 e. The van der Waals surface area contributed by atoms with Crippen LogP contribution in [0.4, 0.5) is 0 Å². The van der Waals surface area contributed by atoms with Crippen molar-refractivity contribution in [2.75, 3.05) is 6.61 Å². The number of hydrogen-bond acceptors (Lipinski definition) is 7. The standard InChI is InChI=1S/C11H12NO2S.ClHO4/c1-2-14-11(13)7-12-8-15-10-6-4-3-5-9(10)12;2-1(3,4)5/h3-6,8H,2,7H2,1H3;(H,2,3,4,5)/q+1;/p-1. The summed E-state index contributed by atoms with van der Waals surface area (Å²) < 4.78 is 42.0. The van der Waals surface area contributed by atoms with Crippen LogP contribution in [0.3, 0.4) is 0 Å². The van der Waals surface area contributed by atoms with E-state index in [1.54, 1.807) is 11.3 Å². The summed E-state index contributed by atoms with van der Waals surface area (Å²) in [7, 11) is -4.94. The quantitative estimate of drug-likeness (QED) is 0.438. The molecule has 20 heavy (non-hydrogen) atoms. The highest BCUT2D eigenvalue weighted by Gasteiger charge is 2.15. The monoisotopic (exact) mass is 321 g/mol. The van der Waals surface area contributed by atoms with Gasteiger partial charge >= 0.3 is 5.97 Å². The normalized spacial score (nSPS) is 10.8. The summed E-state index contributed by atoms with van der Waals surface area (Å²) in [6, 6.07) is 8.01. The number of ether oxygens (including phenoxy) is 1. The van der Waals surface area contributed by atoms with E-state index < -0.39 is 10.2 Å². The maximum Gasteiger partial charge on any atom is 0.372 e. The van der Waals surface area contributed by atoms with Crippen molar-refractivity contribution < 1.29 is 43.0 Å². The van der Waals surface area contributed by atoms with E-state index in [0.29, 0.717) is 6.61 Å². The van der Waals surface area contributed by atoms with Crippen molar-refractivity contribution in [1.82, 2.24) is 0 Å². The molecule has 0 saturated carbocycles. The van der Waals surface area contributed by atoms with Gasteiger partial charge in [0.1, 0.15) is 4.70 Å². The molecule has 0 amide bonds. The number of nitrogens with zero attached hydrogens (tertiary/aromatic N) is 1. The molecule has 2 rings (SSSR count). The lowest BCUT2D eigenvalue weighted by atomic mass is 10.3. The number of rotatable bonds is 3. The highest BCUT2D eigenvalue weighted by Crippen LogP contribution is 2.14. The second-order valence-corrected chi connectivity index (χ2v) is 5.14. The minimum atomic E-state index is -4.94. The van der Waals surface area contributed by atoms with Crippen LogP contribution in [0.5, 0.6) is 0 Å². The predicted molar refractivity (Wildman–Crippen MR) is 58.7 cm³/mol. The molecule has 9 heteroatoms. The molecule has 0 N–H and O–H groups in total. The average Bonchev–Trinajstić information content (AvgIpc) is 2.71. The molecule has 0 bridgehead atoms. The molecular weight excluding hydrogens is 310 g/mol. The number of halogens is 1. The number of hydrogen-bond donors (Lipinski definition) is 0. The van der Waals surface area contributed by atoms with Crippen LogP contribution in [0.25, 0.3) is 10.2 Å². The molecule has 7 nitrogen and oxygen atoms in total. The molecule has 0 aliphatic heterocycles. The van der Waals surface area contributed by atoms with Crippen LogP contribution in [0.15, 0.2) is 29.8 Å². The summed E-state index contributed by atoms with van der Waals surface area (Å²) in [6.07, 6.45) is 0. The van der Waals surface area contributed by atoms with Gasteiger partial charge in [0.25, 0.3) is 0 Å². The fourth-order valence-electron chi connectivity index (χ4n) is 1.44. The summed E-state index contributed by atoms with van der Waals surface area (Å²) in [5, 5.41) is 0. The van der Waals surface area contributed by atoms with E-state index in [1.165, 1.54) is 4.70 Å². The molecule has 2 aromatic rings. The Hall–Kier alpha value is -1.29. The van der Waals surface area contributed by atoms with Gasteiger partial charge in [0.2, 0.25) is 17.6 Å². The fourth-order valence-corrected chi connectivity index (χ4v) is 2.33. The predicted octanol–water partition coefficient (Wildman–Crippen LogP) is -3.00. The van der Waals surface area contributed by atoms with Crippen LogP contribution in [0, 0.1) is 10.2 Å². The summed E-state index contributed by atoms with van der Waals surface area (Å²) >= 11 is 1.63. The third-order valence-corrected chi connectivity index (χ3v) is 3.05. The molecule has 1 aromatic carbocycles. The van der Waals surface area contributed by atoms with Crippen molar-refractivity contribution in [3.05, 3.63) is 29.8 Å². The summed E-state index contributed by atoms with van der Waals surface area (Å²) in [4.78, 5) is 11.3. The molecule has 0 aliphatic carbocycles. The van der Waals surface area contributed by atoms with Crippen molar-refractivity contribution in [3.63, 3.8) is 0 Å². The fraction of sp³-hybridized carbons (Fsp3) is 0.273. The third kappa shape index (κ3) is 6.24. The Bertz CT molecular complexity index is 561.